The second-order valence-electron chi connectivity index (χ2n) is 4.89. The van der Waals surface area contributed by atoms with Crippen LogP contribution in [0.15, 0.2) is 18.2 Å². The Balaban J connectivity index is 2.67. The minimum atomic E-state index is -0.659. The van der Waals surface area contributed by atoms with Crippen molar-refractivity contribution in [2.24, 2.45) is 0 Å². The van der Waals surface area contributed by atoms with Crippen LogP contribution < -0.4 is 5.32 Å². The van der Waals surface area contributed by atoms with E-state index in [1.165, 1.54) is 23.8 Å². The number of benzene rings is 1. The number of methoxy groups -OCH3 is 1. The van der Waals surface area contributed by atoms with Crippen molar-refractivity contribution in [3.05, 3.63) is 34.9 Å². The molecule has 94 valence electrons. The molecule has 0 heterocycles. The van der Waals surface area contributed by atoms with Crippen LogP contribution >= 0.6 is 0 Å². The molecule has 3 heteroatoms. The Morgan fingerprint density at radius 1 is 1.29 bits per heavy atom. The minimum absolute atomic E-state index is 0.249. The normalized spacial score (nSPS) is 11.4. The number of aryl methyl sites for hydroxylation is 2. The van der Waals surface area contributed by atoms with Crippen LogP contribution in [0.1, 0.15) is 30.5 Å². The fraction of sp³-hybridized carbons (Fsp3) is 0.500. The second kappa shape index (κ2) is 5.32. The first-order valence-corrected chi connectivity index (χ1v) is 5.76. The Morgan fingerprint density at radius 3 is 2.47 bits per heavy atom. The maximum atomic E-state index is 11.5. The van der Waals surface area contributed by atoms with Gasteiger partial charge < -0.3 is 4.74 Å². The molecule has 0 bridgehead atoms. The zero-order valence-corrected chi connectivity index (χ0v) is 11.3. The van der Waals surface area contributed by atoms with Crippen LogP contribution in [-0.2, 0) is 16.1 Å². The lowest BCUT2D eigenvalue weighted by molar-refractivity contribution is -0.147. The van der Waals surface area contributed by atoms with Gasteiger partial charge >= 0.3 is 5.97 Å². The highest BCUT2D eigenvalue weighted by Gasteiger charge is 2.27. The van der Waals surface area contributed by atoms with Crippen molar-refractivity contribution in [3.8, 4) is 0 Å². The van der Waals surface area contributed by atoms with Gasteiger partial charge in [0.05, 0.1) is 7.11 Å². The topological polar surface area (TPSA) is 38.3 Å². The first kappa shape index (κ1) is 13.7. The van der Waals surface area contributed by atoms with Crippen molar-refractivity contribution >= 4 is 5.97 Å². The summed E-state index contributed by atoms with van der Waals surface area (Å²) >= 11 is 0. The molecular formula is C14H21NO2. The highest BCUT2D eigenvalue weighted by Crippen LogP contribution is 2.11. The quantitative estimate of drug-likeness (QED) is 0.814. The molecule has 0 unspecified atom stereocenters. The van der Waals surface area contributed by atoms with Crippen molar-refractivity contribution in [2.45, 2.75) is 39.8 Å². The van der Waals surface area contributed by atoms with Crippen molar-refractivity contribution in [1.82, 2.24) is 5.32 Å². The van der Waals surface area contributed by atoms with Crippen molar-refractivity contribution < 1.29 is 9.53 Å². The number of carbonyl (C=O) groups is 1. The van der Waals surface area contributed by atoms with Gasteiger partial charge in [0, 0.05) is 6.54 Å². The molecule has 0 atom stereocenters. The SMILES string of the molecule is COC(=O)C(C)(C)NCc1ccc(C)c(C)c1. The van der Waals surface area contributed by atoms with E-state index >= 15 is 0 Å². The highest BCUT2D eigenvalue weighted by atomic mass is 16.5. The third-order valence-corrected chi connectivity index (χ3v) is 3.00. The largest absolute Gasteiger partial charge is 0.468 e. The first-order valence-electron chi connectivity index (χ1n) is 5.76. The lowest BCUT2D eigenvalue weighted by Crippen LogP contribution is -2.46. The summed E-state index contributed by atoms with van der Waals surface area (Å²) in [4.78, 5) is 11.5. The van der Waals surface area contributed by atoms with Crippen LogP contribution in [0.5, 0.6) is 0 Å². The minimum Gasteiger partial charge on any atom is -0.468 e. The summed E-state index contributed by atoms with van der Waals surface area (Å²) in [5, 5.41) is 3.20. The van der Waals surface area contributed by atoms with Gasteiger partial charge in [0.15, 0.2) is 0 Å². The average molecular weight is 235 g/mol. The molecule has 17 heavy (non-hydrogen) atoms. The van der Waals surface area contributed by atoms with Crippen LogP contribution in [0.2, 0.25) is 0 Å². The summed E-state index contributed by atoms with van der Waals surface area (Å²) in [6.45, 7) is 8.47. The molecule has 3 nitrogen and oxygen atoms in total. The van der Waals surface area contributed by atoms with Crippen LogP contribution in [0.4, 0.5) is 0 Å². The molecular weight excluding hydrogens is 214 g/mol. The standard InChI is InChI=1S/C14H21NO2/c1-10-6-7-12(8-11(10)2)9-15-14(3,4)13(16)17-5/h6-8,15H,9H2,1-5H3. The van der Waals surface area contributed by atoms with E-state index in [1.54, 1.807) is 0 Å². The number of ether oxygens (including phenoxy) is 1. The van der Waals surface area contributed by atoms with E-state index in [0.29, 0.717) is 6.54 Å². The Hall–Kier alpha value is -1.35. The third kappa shape index (κ3) is 3.56. The van der Waals surface area contributed by atoms with Gasteiger partial charge in [-0.3, -0.25) is 10.1 Å². The molecule has 0 fully saturated rings. The highest BCUT2D eigenvalue weighted by molar-refractivity contribution is 5.79. The van der Waals surface area contributed by atoms with Crippen molar-refractivity contribution in [1.29, 1.82) is 0 Å². The molecule has 0 amide bonds. The summed E-state index contributed by atoms with van der Waals surface area (Å²) in [6.07, 6.45) is 0. The average Bonchev–Trinajstić information content (AvgIpc) is 2.29. The zero-order valence-electron chi connectivity index (χ0n) is 11.3. The van der Waals surface area contributed by atoms with Gasteiger partial charge in [-0.25, -0.2) is 0 Å². The molecule has 0 aliphatic heterocycles. The molecule has 0 aromatic heterocycles. The molecule has 1 aromatic carbocycles. The van der Waals surface area contributed by atoms with Crippen molar-refractivity contribution in [2.75, 3.05) is 7.11 Å². The molecule has 1 rings (SSSR count). The number of hydrogen-bond acceptors (Lipinski definition) is 3. The summed E-state index contributed by atoms with van der Waals surface area (Å²) in [5.74, 6) is -0.249. The fourth-order valence-electron chi connectivity index (χ4n) is 1.56. The Labute approximate surface area is 103 Å². The fourth-order valence-corrected chi connectivity index (χ4v) is 1.56. The van der Waals surface area contributed by atoms with E-state index in [2.05, 4.69) is 37.4 Å². The van der Waals surface area contributed by atoms with Crippen LogP contribution in [-0.4, -0.2) is 18.6 Å². The molecule has 0 spiro atoms. The van der Waals surface area contributed by atoms with E-state index in [-0.39, 0.29) is 5.97 Å². The first-order chi connectivity index (χ1) is 7.86. The van der Waals surface area contributed by atoms with Gasteiger partial charge in [-0.1, -0.05) is 18.2 Å². The van der Waals surface area contributed by atoms with E-state index in [4.69, 9.17) is 4.74 Å². The molecule has 0 saturated heterocycles. The maximum absolute atomic E-state index is 11.5. The monoisotopic (exact) mass is 235 g/mol. The molecule has 1 aromatic rings. The zero-order chi connectivity index (χ0) is 13.1. The summed E-state index contributed by atoms with van der Waals surface area (Å²) in [5.41, 5.74) is 3.05. The van der Waals surface area contributed by atoms with Crippen LogP contribution in [0.3, 0.4) is 0 Å². The van der Waals surface area contributed by atoms with Gasteiger partial charge in [-0.2, -0.15) is 0 Å². The Bertz CT molecular complexity index is 411. The predicted molar refractivity (Wildman–Crippen MR) is 68.9 cm³/mol. The number of esters is 1. The summed E-state index contributed by atoms with van der Waals surface area (Å²) in [7, 11) is 1.40. The molecule has 1 N–H and O–H groups in total. The summed E-state index contributed by atoms with van der Waals surface area (Å²) < 4.78 is 4.74. The molecule has 0 radical (unpaired) electrons. The smallest absolute Gasteiger partial charge is 0.325 e. The molecule has 0 aliphatic rings. The van der Waals surface area contributed by atoms with Crippen LogP contribution in [0.25, 0.3) is 0 Å². The van der Waals surface area contributed by atoms with Crippen LogP contribution in [0, 0.1) is 13.8 Å². The van der Waals surface area contributed by atoms with Gasteiger partial charge in [-0.05, 0) is 44.4 Å². The Kier molecular flexibility index (Phi) is 4.29. The van der Waals surface area contributed by atoms with E-state index in [0.717, 1.165) is 0 Å². The summed E-state index contributed by atoms with van der Waals surface area (Å²) in [6, 6.07) is 6.30. The Morgan fingerprint density at radius 2 is 1.94 bits per heavy atom. The number of nitrogens with one attached hydrogen (secondary N) is 1. The van der Waals surface area contributed by atoms with E-state index < -0.39 is 5.54 Å². The number of carbonyl (C=O) groups excluding carboxylic acids is 1. The van der Waals surface area contributed by atoms with E-state index in [1.807, 2.05) is 13.8 Å². The lowest BCUT2D eigenvalue weighted by atomic mass is 10.0. The molecule has 0 saturated carbocycles. The van der Waals surface area contributed by atoms with Crippen molar-refractivity contribution in [3.63, 3.8) is 0 Å². The lowest BCUT2D eigenvalue weighted by Gasteiger charge is -2.23. The second-order valence-corrected chi connectivity index (χ2v) is 4.89. The number of hydrogen-bond donors (Lipinski definition) is 1. The third-order valence-electron chi connectivity index (χ3n) is 3.00. The van der Waals surface area contributed by atoms with Gasteiger partial charge in [-0.15, -0.1) is 0 Å². The van der Waals surface area contributed by atoms with Gasteiger partial charge in [0.1, 0.15) is 5.54 Å². The van der Waals surface area contributed by atoms with E-state index in [9.17, 15) is 4.79 Å². The maximum Gasteiger partial charge on any atom is 0.325 e. The van der Waals surface area contributed by atoms with Gasteiger partial charge in [0.2, 0.25) is 0 Å². The predicted octanol–water partition coefficient (Wildman–Crippen LogP) is 2.34. The van der Waals surface area contributed by atoms with Gasteiger partial charge in [0.25, 0.3) is 0 Å². The molecule has 0 aliphatic carbocycles. The number of rotatable bonds is 4.